The van der Waals surface area contributed by atoms with Crippen LogP contribution < -0.4 is 10.6 Å². The summed E-state index contributed by atoms with van der Waals surface area (Å²) in [6.45, 7) is 4.87. The van der Waals surface area contributed by atoms with Crippen molar-refractivity contribution in [3.05, 3.63) is 53.9 Å². The molecule has 1 aromatic heterocycles. The maximum Gasteiger partial charge on any atom is 0.222 e. The number of nitrogens with one attached hydrogen (secondary N) is 2. The van der Waals surface area contributed by atoms with Crippen molar-refractivity contribution in [2.45, 2.75) is 38.9 Å². The SMILES string of the molecule is CCC(=O)N1CCC(NC(=NC)NCc2cnn(Cc3ccccc3)c2)C1.I. The van der Waals surface area contributed by atoms with Crippen molar-refractivity contribution in [1.82, 2.24) is 25.3 Å². The Balaban J connectivity index is 0.00000280. The molecule has 0 saturated carbocycles. The highest BCUT2D eigenvalue weighted by Crippen LogP contribution is 2.10. The molecule has 2 aromatic rings. The highest BCUT2D eigenvalue weighted by Gasteiger charge is 2.25. The number of carbonyl (C=O) groups excluding carboxylic acids is 1. The van der Waals surface area contributed by atoms with Crippen molar-refractivity contribution >= 4 is 35.8 Å². The van der Waals surface area contributed by atoms with Crippen LogP contribution in [0.1, 0.15) is 30.9 Å². The Labute approximate surface area is 183 Å². The maximum atomic E-state index is 11.8. The second-order valence-corrected chi connectivity index (χ2v) is 6.78. The number of nitrogens with zero attached hydrogens (tertiary/aromatic N) is 4. The summed E-state index contributed by atoms with van der Waals surface area (Å²) in [6, 6.07) is 10.5. The summed E-state index contributed by atoms with van der Waals surface area (Å²) < 4.78 is 1.94. The molecule has 152 valence electrons. The average Bonchev–Trinajstić information content (AvgIpc) is 3.35. The van der Waals surface area contributed by atoms with Gasteiger partial charge in [0.05, 0.1) is 12.7 Å². The van der Waals surface area contributed by atoms with Gasteiger partial charge in [0, 0.05) is 50.9 Å². The molecule has 7 nitrogen and oxygen atoms in total. The molecule has 1 amide bonds. The van der Waals surface area contributed by atoms with Crippen LogP contribution in [-0.4, -0.2) is 52.7 Å². The number of hydrogen-bond donors (Lipinski definition) is 2. The van der Waals surface area contributed by atoms with Crippen LogP contribution in [0.25, 0.3) is 0 Å². The summed E-state index contributed by atoms with van der Waals surface area (Å²) in [6.07, 6.45) is 5.43. The number of guanidine groups is 1. The Morgan fingerprint density at radius 3 is 2.79 bits per heavy atom. The molecule has 0 bridgehead atoms. The molecule has 0 aliphatic carbocycles. The minimum atomic E-state index is 0. The minimum absolute atomic E-state index is 0. The molecule has 2 heterocycles. The molecule has 1 saturated heterocycles. The third-order valence-electron chi connectivity index (χ3n) is 4.74. The lowest BCUT2D eigenvalue weighted by Gasteiger charge is -2.18. The molecule has 2 N–H and O–H groups in total. The fourth-order valence-corrected chi connectivity index (χ4v) is 3.26. The molecule has 0 radical (unpaired) electrons. The smallest absolute Gasteiger partial charge is 0.222 e. The molecule has 1 atom stereocenters. The van der Waals surface area contributed by atoms with Crippen molar-refractivity contribution in [3.8, 4) is 0 Å². The standard InChI is InChI=1S/C20H28N6O.HI/c1-3-19(27)25-10-9-18(15-25)24-20(21-2)22-11-17-12-23-26(14-17)13-16-7-5-4-6-8-16;/h4-8,12,14,18H,3,9-11,13,15H2,1-2H3,(H2,21,22,24);1H. The molecular formula is C20H29IN6O. The number of amides is 1. The number of benzene rings is 1. The van der Waals surface area contributed by atoms with E-state index in [4.69, 9.17) is 0 Å². The van der Waals surface area contributed by atoms with Crippen LogP contribution >= 0.6 is 24.0 Å². The Morgan fingerprint density at radius 2 is 2.07 bits per heavy atom. The summed E-state index contributed by atoms with van der Waals surface area (Å²) in [7, 11) is 1.76. The van der Waals surface area contributed by atoms with E-state index in [1.807, 2.05) is 47.1 Å². The Bertz CT molecular complexity index is 776. The molecule has 1 unspecified atom stereocenters. The first-order valence-corrected chi connectivity index (χ1v) is 9.48. The lowest BCUT2D eigenvalue weighted by atomic mass is 10.2. The van der Waals surface area contributed by atoms with Crippen LogP contribution in [0.2, 0.25) is 0 Å². The number of rotatable bonds is 6. The van der Waals surface area contributed by atoms with Gasteiger partial charge in [0.15, 0.2) is 5.96 Å². The number of hydrogen-bond acceptors (Lipinski definition) is 3. The Morgan fingerprint density at radius 1 is 1.29 bits per heavy atom. The molecular weight excluding hydrogens is 467 g/mol. The quantitative estimate of drug-likeness (QED) is 0.366. The van der Waals surface area contributed by atoms with Gasteiger partial charge in [-0.2, -0.15) is 5.10 Å². The molecule has 28 heavy (non-hydrogen) atoms. The summed E-state index contributed by atoms with van der Waals surface area (Å²) >= 11 is 0. The second kappa shape index (κ2) is 11.0. The van der Waals surface area contributed by atoms with E-state index in [2.05, 4.69) is 32.9 Å². The predicted octanol–water partition coefficient (Wildman–Crippen LogP) is 2.23. The molecule has 1 aliphatic rings. The van der Waals surface area contributed by atoms with Gasteiger partial charge in [-0.15, -0.1) is 24.0 Å². The van der Waals surface area contributed by atoms with Crippen LogP contribution in [0.4, 0.5) is 0 Å². The lowest BCUT2D eigenvalue weighted by molar-refractivity contribution is -0.129. The van der Waals surface area contributed by atoms with Gasteiger partial charge in [-0.05, 0) is 12.0 Å². The van der Waals surface area contributed by atoms with E-state index in [0.29, 0.717) is 13.0 Å². The molecule has 8 heteroatoms. The first kappa shape index (κ1) is 22.2. The molecule has 1 aliphatic heterocycles. The summed E-state index contributed by atoms with van der Waals surface area (Å²) in [4.78, 5) is 18.0. The van der Waals surface area contributed by atoms with Gasteiger partial charge in [-0.3, -0.25) is 14.5 Å². The van der Waals surface area contributed by atoms with Crippen LogP contribution in [0.15, 0.2) is 47.7 Å². The number of carbonyl (C=O) groups is 1. The van der Waals surface area contributed by atoms with E-state index in [9.17, 15) is 4.79 Å². The number of likely N-dealkylation sites (tertiary alicyclic amines) is 1. The van der Waals surface area contributed by atoms with Crippen molar-refractivity contribution < 1.29 is 4.79 Å². The average molecular weight is 496 g/mol. The summed E-state index contributed by atoms with van der Waals surface area (Å²) in [5.74, 6) is 0.967. The largest absolute Gasteiger partial charge is 0.352 e. The summed E-state index contributed by atoms with van der Waals surface area (Å²) in [5, 5.41) is 11.2. The van der Waals surface area contributed by atoms with E-state index in [1.54, 1.807) is 7.05 Å². The van der Waals surface area contributed by atoms with Gasteiger partial charge in [0.25, 0.3) is 0 Å². The zero-order valence-electron chi connectivity index (χ0n) is 16.5. The van der Waals surface area contributed by atoms with Crippen molar-refractivity contribution in [2.75, 3.05) is 20.1 Å². The lowest BCUT2D eigenvalue weighted by Crippen LogP contribution is -2.44. The molecule has 3 rings (SSSR count). The second-order valence-electron chi connectivity index (χ2n) is 6.78. The Kier molecular flexibility index (Phi) is 8.75. The van der Waals surface area contributed by atoms with E-state index in [-0.39, 0.29) is 35.9 Å². The van der Waals surface area contributed by atoms with Crippen molar-refractivity contribution in [2.24, 2.45) is 4.99 Å². The van der Waals surface area contributed by atoms with Gasteiger partial charge in [0.2, 0.25) is 5.91 Å². The molecule has 1 fully saturated rings. The number of aliphatic imine (C=N–C) groups is 1. The van der Waals surface area contributed by atoms with E-state index in [0.717, 1.165) is 37.6 Å². The first-order valence-electron chi connectivity index (χ1n) is 9.48. The highest BCUT2D eigenvalue weighted by atomic mass is 127. The fraction of sp³-hybridized carbons (Fsp3) is 0.450. The van der Waals surface area contributed by atoms with Crippen LogP contribution in [0.5, 0.6) is 0 Å². The van der Waals surface area contributed by atoms with Gasteiger partial charge >= 0.3 is 0 Å². The monoisotopic (exact) mass is 496 g/mol. The van der Waals surface area contributed by atoms with E-state index >= 15 is 0 Å². The summed E-state index contributed by atoms with van der Waals surface area (Å²) in [5.41, 5.74) is 2.33. The number of aromatic nitrogens is 2. The third kappa shape index (κ3) is 6.22. The topological polar surface area (TPSA) is 74.6 Å². The maximum absolute atomic E-state index is 11.8. The minimum Gasteiger partial charge on any atom is -0.352 e. The first-order chi connectivity index (χ1) is 13.2. The molecule has 1 aromatic carbocycles. The molecule has 0 spiro atoms. The van der Waals surface area contributed by atoms with Gasteiger partial charge in [-0.1, -0.05) is 37.3 Å². The van der Waals surface area contributed by atoms with E-state index in [1.165, 1.54) is 5.56 Å². The van der Waals surface area contributed by atoms with Crippen molar-refractivity contribution in [3.63, 3.8) is 0 Å². The Hall–Kier alpha value is -2.10. The number of halogens is 1. The normalized spacial score (nSPS) is 16.6. The van der Waals surface area contributed by atoms with E-state index < -0.39 is 0 Å². The van der Waals surface area contributed by atoms with Gasteiger partial charge < -0.3 is 15.5 Å². The van der Waals surface area contributed by atoms with Crippen LogP contribution in [-0.2, 0) is 17.9 Å². The third-order valence-corrected chi connectivity index (χ3v) is 4.74. The highest BCUT2D eigenvalue weighted by molar-refractivity contribution is 14.0. The van der Waals surface area contributed by atoms with Gasteiger partial charge in [-0.25, -0.2) is 0 Å². The van der Waals surface area contributed by atoms with Crippen LogP contribution in [0, 0.1) is 0 Å². The van der Waals surface area contributed by atoms with Crippen LogP contribution in [0.3, 0.4) is 0 Å². The van der Waals surface area contributed by atoms with Gasteiger partial charge in [0.1, 0.15) is 0 Å². The van der Waals surface area contributed by atoms with Crippen molar-refractivity contribution in [1.29, 1.82) is 0 Å². The predicted molar refractivity (Wildman–Crippen MR) is 122 cm³/mol. The fourth-order valence-electron chi connectivity index (χ4n) is 3.26. The zero-order chi connectivity index (χ0) is 19.1. The zero-order valence-corrected chi connectivity index (χ0v) is 18.8.